The molecule has 4 nitrogen and oxygen atoms in total. The predicted octanol–water partition coefficient (Wildman–Crippen LogP) is 1.11. The van der Waals surface area contributed by atoms with Crippen LogP contribution in [0.2, 0.25) is 0 Å². The van der Waals surface area contributed by atoms with E-state index in [2.05, 4.69) is 5.32 Å². The Morgan fingerprint density at radius 1 is 1.62 bits per heavy atom. The number of hydrogen-bond donors (Lipinski definition) is 2. The first-order valence-electron chi connectivity index (χ1n) is 5.73. The van der Waals surface area contributed by atoms with Crippen LogP contribution in [0.1, 0.15) is 19.1 Å². The van der Waals surface area contributed by atoms with Gasteiger partial charge < -0.3 is 19.6 Å². The molecule has 1 aliphatic rings. The summed E-state index contributed by atoms with van der Waals surface area (Å²) < 4.78 is 10.5. The van der Waals surface area contributed by atoms with Crippen molar-refractivity contribution in [2.24, 2.45) is 5.92 Å². The topological polar surface area (TPSA) is 54.6 Å². The van der Waals surface area contributed by atoms with E-state index in [9.17, 15) is 5.11 Å². The van der Waals surface area contributed by atoms with Crippen molar-refractivity contribution in [2.75, 3.05) is 26.3 Å². The lowest BCUT2D eigenvalue weighted by atomic mass is 10.0. The largest absolute Gasteiger partial charge is 0.466 e. The maximum Gasteiger partial charge on any atom is 0.136 e. The number of ether oxygens (including phenoxy) is 1. The van der Waals surface area contributed by atoms with Crippen LogP contribution in [0.3, 0.4) is 0 Å². The second-order valence-electron chi connectivity index (χ2n) is 4.61. The summed E-state index contributed by atoms with van der Waals surface area (Å²) in [5.41, 5.74) is -0.942. The molecule has 1 fully saturated rings. The number of nitrogens with one attached hydrogen (secondary N) is 1. The third kappa shape index (κ3) is 2.84. The Labute approximate surface area is 95.6 Å². The molecule has 1 aromatic heterocycles. The molecule has 90 valence electrons. The van der Waals surface area contributed by atoms with E-state index < -0.39 is 5.60 Å². The zero-order valence-corrected chi connectivity index (χ0v) is 9.61. The quantitative estimate of drug-likeness (QED) is 0.788. The maximum absolute atomic E-state index is 10.2. The van der Waals surface area contributed by atoms with Gasteiger partial charge in [-0.1, -0.05) is 0 Å². The second kappa shape index (κ2) is 4.99. The Balaban J connectivity index is 1.76. The Morgan fingerprint density at radius 3 is 3.12 bits per heavy atom. The van der Waals surface area contributed by atoms with E-state index in [1.165, 1.54) is 0 Å². The van der Waals surface area contributed by atoms with Crippen LogP contribution in [0.5, 0.6) is 0 Å². The maximum atomic E-state index is 10.2. The van der Waals surface area contributed by atoms with Gasteiger partial charge in [0.15, 0.2) is 0 Å². The van der Waals surface area contributed by atoms with Crippen molar-refractivity contribution in [3.05, 3.63) is 24.2 Å². The Hall–Kier alpha value is -0.840. The fraction of sp³-hybridized carbons (Fsp3) is 0.667. The number of rotatable bonds is 5. The first-order chi connectivity index (χ1) is 7.68. The molecule has 0 amide bonds. The second-order valence-corrected chi connectivity index (χ2v) is 4.61. The van der Waals surface area contributed by atoms with Gasteiger partial charge in [-0.05, 0) is 31.4 Å². The minimum Gasteiger partial charge on any atom is -0.466 e. The molecule has 0 saturated carbocycles. The monoisotopic (exact) mass is 225 g/mol. The fourth-order valence-electron chi connectivity index (χ4n) is 1.94. The van der Waals surface area contributed by atoms with Crippen molar-refractivity contribution in [1.82, 2.24) is 5.32 Å². The van der Waals surface area contributed by atoms with Crippen molar-refractivity contribution < 1.29 is 14.3 Å². The number of furan rings is 1. The summed E-state index contributed by atoms with van der Waals surface area (Å²) in [4.78, 5) is 0. The SMILES string of the molecule is CC(O)(CNCC1CCOC1)c1ccco1. The molecule has 1 aromatic rings. The van der Waals surface area contributed by atoms with Gasteiger partial charge in [0.05, 0.1) is 12.9 Å². The lowest BCUT2D eigenvalue weighted by molar-refractivity contribution is 0.0334. The predicted molar refractivity (Wildman–Crippen MR) is 60.1 cm³/mol. The van der Waals surface area contributed by atoms with Crippen LogP contribution < -0.4 is 5.32 Å². The van der Waals surface area contributed by atoms with Crippen LogP contribution in [-0.4, -0.2) is 31.4 Å². The van der Waals surface area contributed by atoms with Crippen LogP contribution >= 0.6 is 0 Å². The van der Waals surface area contributed by atoms with E-state index in [-0.39, 0.29) is 0 Å². The molecule has 0 aliphatic carbocycles. The third-order valence-electron chi connectivity index (χ3n) is 2.98. The standard InChI is InChI=1S/C12H19NO3/c1-12(14,11-3-2-5-16-11)9-13-7-10-4-6-15-8-10/h2-3,5,10,13-14H,4,6-9H2,1H3. The first kappa shape index (κ1) is 11.6. The highest BCUT2D eigenvalue weighted by molar-refractivity contribution is 5.08. The molecule has 2 atom stereocenters. The summed E-state index contributed by atoms with van der Waals surface area (Å²) in [6, 6.07) is 3.58. The molecule has 2 N–H and O–H groups in total. The van der Waals surface area contributed by atoms with Gasteiger partial charge in [-0.2, -0.15) is 0 Å². The zero-order valence-electron chi connectivity index (χ0n) is 9.61. The average Bonchev–Trinajstić information content (AvgIpc) is 2.90. The zero-order chi connectivity index (χ0) is 11.4. The Kier molecular flexibility index (Phi) is 3.63. The normalized spacial score (nSPS) is 24.5. The van der Waals surface area contributed by atoms with Crippen molar-refractivity contribution >= 4 is 0 Å². The number of hydrogen-bond acceptors (Lipinski definition) is 4. The smallest absolute Gasteiger partial charge is 0.136 e. The summed E-state index contributed by atoms with van der Waals surface area (Å²) in [5, 5.41) is 13.4. The highest BCUT2D eigenvalue weighted by atomic mass is 16.5. The first-order valence-corrected chi connectivity index (χ1v) is 5.73. The summed E-state index contributed by atoms with van der Waals surface area (Å²) >= 11 is 0. The highest BCUT2D eigenvalue weighted by Crippen LogP contribution is 2.20. The van der Waals surface area contributed by atoms with Crippen LogP contribution in [0, 0.1) is 5.92 Å². The van der Waals surface area contributed by atoms with Gasteiger partial charge in [0.1, 0.15) is 11.4 Å². The van der Waals surface area contributed by atoms with Gasteiger partial charge in [-0.3, -0.25) is 0 Å². The molecular formula is C12H19NO3. The van der Waals surface area contributed by atoms with Crippen molar-refractivity contribution in [1.29, 1.82) is 0 Å². The minimum atomic E-state index is -0.942. The molecule has 2 unspecified atom stereocenters. The lowest BCUT2D eigenvalue weighted by Gasteiger charge is -2.22. The lowest BCUT2D eigenvalue weighted by Crippen LogP contribution is -2.37. The van der Waals surface area contributed by atoms with Gasteiger partial charge in [-0.25, -0.2) is 0 Å². The molecule has 1 aliphatic heterocycles. The van der Waals surface area contributed by atoms with Gasteiger partial charge in [0.2, 0.25) is 0 Å². The van der Waals surface area contributed by atoms with Gasteiger partial charge in [0.25, 0.3) is 0 Å². The molecule has 2 rings (SSSR count). The van der Waals surface area contributed by atoms with Crippen LogP contribution in [0.25, 0.3) is 0 Å². The molecule has 0 spiro atoms. The average molecular weight is 225 g/mol. The third-order valence-corrected chi connectivity index (χ3v) is 2.98. The summed E-state index contributed by atoms with van der Waals surface area (Å²) in [5.74, 6) is 1.18. The highest BCUT2D eigenvalue weighted by Gasteiger charge is 2.26. The molecule has 1 saturated heterocycles. The molecule has 0 bridgehead atoms. The van der Waals surface area contributed by atoms with E-state index in [1.54, 1.807) is 25.3 Å². The van der Waals surface area contributed by atoms with E-state index in [4.69, 9.17) is 9.15 Å². The summed E-state index contributed by atoms with van der Waals surface area (Å²) in [6.45, 7) is 4.83. The van der Waals surface area contributed by atoms with Crippen LogP contribution in [-0.2, 0) is 10.3 Å². The van der Waals surface area contributed by atoms with Crippen molar-refractivity contribution in [3.8, 4) is 0 Å². The van der Waals surface area contributed by atoms with Crippen LogP contribution in [0.4, 0.5) is 0 Å². The van der Waals surface area contributed by atoms with Gasteiger partial charge in [0, 0.05) is 19.7 Å². The minimum absolute atomic E-state index is 0.497. The van der Waals surface area contributed by atoms with Crippen molar-refractivity contribution in [3.63, 3.8) is 0 Å². The molecule has 0 aromatic carbocycles. The van der Waals surface area contributed by atoms with E-state index in [0.29, 0.717) is 18.2 Å². The molecule has 16 heavy (non-hydrogen) atoms. The van der Waals surface area contributed by atoms with E-state index in [0.717, 1.165) is 26.2 Å². The van der Waals surface area contributed by atoms with Crippen molar-refractivity contribution in [2.45, 2.75) is 18.9 Å². The molecular weight excluding hydrogens is 206 g/mol. The summed E-state index contributed by atoms with van der Waals surface area (Å²) in [6.07, 6.45) is 2.69. The Bertz CT molecular complexity index is 302. The molecule has 0 radical (unpaired) electrons. The number of aliphatic hydroxyl groups is 1. The fourth-order valence-corrected chi connectivity index (χ4v) is 1.94. The van der Waals surface area contributed by atoms with E-state index in [1.807, 2.05) is 0 Å². The van der Waals surface area contributed by atoms with E-state index >= 15 is 0 Å². The van der Waals surface area contributed by atoms with Gasteiger partial charge in [-0.15, -0.1) is 0 Å². The molecule has 2 heterocycles. The molecule has 4 heteroatoms. The van der Waals surface area contributed by atoms with Gasteiger partial charge >= 0.3 is 0 Å². The summed E-state index contributed by atoms with van der Waals surface area (Å²) in [7, 11) is 0. The van der Waals surface area contributed by atoms with Crippen LogP contribution in [0.15, 0.2) is 22.8 Å². The Morgan fingerprint density at radius 2 is 2.50 bits per heavy atom.